The molecule has 1 fully saturated rings. The first-order valence-electron chi connectivity index (χ1n) is 5.90. The van der Waals surface area contributed by atoms with Gasteiger partial charge < -0.3 is 21.1 Å². The van der Waals surface area contributed by atoms with Crippen molar-refractivity contribution in [2.45, 2.75) is 32.4 Å². The largest absolute Gasteiger partial charge is 0.481 e. The van der Waals surface area contributed by atoms with Gasteiger partial charge in [-0.25, -0.2) is 0 Å². The summed E-state index contributed by atoms with van der Waals surface area (Å²) >= 11 is 0. The van der Waals surface area contributed by atoms with Crippen LogP contribution in [0.2, 0.25) is 0 Å². The summed E-state index contributed by atoms with van der Waals surface area (Å²) in [4.78, 5) is 35.7. The lowest BCUT2D eigenvalue weighted by atomic mass is 10.0. The number of hydrogen-bond acceptors (Lipinski definition) is 4. The van der Waals surface area contributed by atoms with Gasteiger partial charge in [-0.3, -0.25) is 14.4 Å². The van der Waals surface area contributed by atoms with E-state index < -0.39 is 30.4 Å². The van der Waals surface area contributed by atoms with E-state index in [1.165, 1.54) is 4.90 Å². The van der Waals surface area contributed by atoms with E-state index in [2.05, 4.69) is 5.32 Å². The van der Waals surface area contributed by atoms with E-state index in [0.717, 1.165) is 0 Å². The van der Waals surface area contributed by atoms with Crippen molar-refractivity contribution in [2.24, 2.45) is 11.7 Å². The molecule has 1 rings (SSSR count). The number of aliphatic carboxylic acids is 1. The molecular weight excluding hydrogens is 238 g/mol. The van der Waals surface area contributed by atoms with E-state index >= 15 is 0 Å². The van der Waals surface area contributed by atoms with Crippen LogP contribution >= 0.6 is 0 Å². The summed E-state index contributed by atoms with van der Waals surface area (Å²) in [6, 6.07) is -1.68. The molecular formula is C11H19N3O4. The second-order valence-electron chi connectivity index (χ2n) is 4.71. The van der Waals surface area contributed by atoms with Crippen molar-refractivity contribution in [3.8, 4) is 0 Å². The van der Waals surface area contributed by atoms with Crippen molar-refractivity contribution in [2.75, 3.05) is 13.1 Å². The predicted octanol–water partition coefficient (Wildman–Crippen LogP) is -1.23. The third-order valence-electron chi connectivity index (χ3n) is 2.99. The molecule has 2 amide bonds. The Morgan fingerprint density at radius 1 is 1.56 bits per heavy atom. The molecule has 102 valence electrons. The van der Waals surface area contributed by atoms with Gasteiger partial charge in [0.1, 0.15) is 6.04 Å². The van der Waals surface area contributed by atoms with Crippen LogP contribution in [0.15, 0.2) is 0 Å². The summed E-state index contributed by atoms with van der Waals surface area (Å²) in [5.41, 5.74) is 5.76. The number of nitrogens with two attached hydrogens (primary N) is 1. The minimum atomic E-state index is -1.12. The maximum atomic E-state index is 12.1. The van der Waals surface area contributed by atoms with E-state index in [-0.39, 0.29) is 11.8 Å². The quantitative estimate of drug-likeness (QED) is 0.584. The number of carbonyl (C=O) groups excluding carboxylic acids is 2. The van der Waals surface area contributed by atoms with Gasteiger partial charge >= 0.3 is 5.97 Å². The summed E-state index contributed by atoms with van der Waals surface area (Å²) < 4.78 is 0. The molecule has 1 aliphatic rings. The van der Waals surface area contributed by atoms with E-state index in [1.807, 2.05) is 0 Å². The number of amides is 2. The maximum Gasteiger partial charge on any atom is 0.305 e. The zero-order chi connectivity index (χ0) is 13.9. The summed E-state index contributed by atoms with van der Waals surface area (Å²) in [5.74, 6) is -1.99. The molecule has 4 N–H and O–H groups in total. The molecule has 0 aliphatic carbocycles. The molecule has 0 aromatic heterocycles. The number of nitrogens with zero attached hydrogens (tertiary/aromatic N) is 1. The number of nitrogens with one attached hydrogen (secondary N) is 1. The van der Waals surface area contributed by atoms with Crippen LogP contribution in [0.25, 0.3) is 0 Å². The standard InChI is InChI=1S/C11H19N3O4/c1-6(2)9(12)11(18)14-4-3-13-10(17)7(14)5-8(15)16/h6-7,9H,3-5,12H2,1-2H3,(H,13,17)(H,15,16)/t7?,9-/m1/s1. The lowest BCUT2D eigenvalue weighted by Crippen LogP contribution is -2.61. The summed E-state index contributed by atoms with van der Waals surface area (Å²) in [6.07, 6.45) is -0.400. The SMILES string of the molecule is CC(C)[C@@H](N)C(=O)N1CCNC(=O)C1CC(=O)O. The molecule has 1 unspecified atom stereocenters. The molecule has 2 atom stereocenters. The van der Waals surface area contributed by atoms with Gasteiger partial charge in [0.25, 0.3) is 0 Å². The second-order valence-corrected chi connectivity index (χ2v) is 4.71. The van der Waals surface area contributed by atoms with Crippen molar-refractivity contribution in [1.82, 2.24) is 10.2 Å². The van der Waals surface area contributed by atoms with E-state index in [9.17, 15) is 14.4 Å². The Morgan fingerprint density at radius 2 is 2.17 bits per heavy atom. The molecule has 0 aromatic carbocycles. The Bertz CT molecular complexity index is 356. The van der Waals surface area contributed by atoms with E-state index in [0.29, 0.717) is 13.1 Å². The number of piperazine rings is 1. The molecule has 0 spiro atoms. The fourth-order valence-electron chi connectivity index (χ4n) is 1.82. The highest BCUT2D eigenvalue weighted by Crippen LogP contribution is 2.13. The van der Waals surface area contributed by atoms with Gasteiger partial charge in [0.15, 0.2) is 0 Å². The first-order valence-corrected chi connectivity index (χ1v) is 5.90. The molecule has 0 saturated carbocycles. The van der Waals surface area contributed by atoms with E-state index in [4.69, 9.17) is 10.8 Å². The second kappa shape index (κ2) is 5.81. The minimum Gasteiger partial charge on any atom is -0.481 e. The van der Waals surface area contributed by atoms with Gasteiger partial charge in [0, 0.05) is 13.1 Å². The highest BCUT2D eigenvalue weighted by molar-refractivity contribution is 5.93. The summed E-state index contributed by atoms with van der Waals surface area (Å²) in [6.45, 7) is 4.23. The van der Waals surface area contributed by atoms with Crippen LogP contribution in [-0.4, -0.2) is 53.0 Å². The normalized spacial score (nSPS) is 21.7. The van der Waals surface area contributed by atoms with Gasteiger partial charge in [-0.05, 0) is 5.92 Å². The summed E-state index contributed by atoms with van der Waals surface area (Å²) in [5, 5.41) is 11.3. The van der Waals surface area contributed by atoms with Gasteiger partial charge in [-0.15, -0.1) is 0 Å². The zero-order valence-corrected chi connectivity index (χ0v) is 10.5. The van der Waals surface area contributed by atoms with Crippen molar-refractivity contribution in [3.63, 3.8) is 0 Å². The molecule has 1 heterocycles. The topological polar surface area (TPSA) is 113 Å². The third-order valence-corrected chi connectivity index (χ3v) is 2.99. The van der Waals surface area contributed by atoms with Crippen LogP contribution in [0.3, 0.4) is 0 Å². The average molecular weight is 257 g/mol. The number of carboxylic acid groups (broad SMARTS) is 1. The Labute approximate surface area is 105 Å². The van der Waals surface area contributed by atoms with Crippen LogP contribution < -0.4 is 11.1 Å². The zero-order valence-electron chi connectivity index (χ0n) is 10.5. The smallest absolute Gasteiger partial charge is 0.305 e. The lowest BCUT2D eigenvalue weighted by molar-refractivity contribution is -0.149. The average Bonchev–Trinajstić information content (AvgIpc) is 2.29. The maximum absolute atomic E-state index is 12.1. The molecule has 0 bridgehead atoms. The Balaban J connectivity index is 2.85. The Kier molecular flexibility index (Phi) is 4.66. The van der Waals surface area contributed by atoms with Gasteiger partial charge in [0.2, 0.25) is 11.8 Å². The first kappa shape index (κ1) is 14.4. The Hall–Kier alpha value is -1.63. The van der Waals surface area contributed by atoms with Crippen molar-refractivity contribution in [1.29, 1.82) is 0 Å². The first-order chi connectivity index (χ1) is 8.34. The van der Waals surface area contributed by atoms with Crippen LogP contribution in [0.1, 0.15) is 20.3 Å². The van der Waals surface area contributed by atoms with Crippen molar-refractivity contribution >= 4 is 17.8 Å². The number of hydrogen-bond donors (Lipinski definition) is 3. The Morgan fingerprint density at radius 3 is 2.67 bits per heavy atom. The van der Waals surface area contributed by atoms with Crippen LogP contribution in [0, 0.1) is 5.92 Å². The van der Waals surface area contributed by atoms with Crippen LogP contribution in [-0.2, 0) is 14.4 Å². The summed E-state index contributed by atoms with van der Waals surface area (Å²) in [7, 11) is 0. The molecule has 1 aliphatic heterocycles. The monoisotopic (exact) mass is 257 g/mol. The van der Waals surface area contributed by atoms with Crippen LogP contribution in [0.5, 0.6) is 0 Å². The van der Waals surface area contributed by atoms with E-state index in [1.54, 1.807) is 13.8 Å². The number of carbonyl (C=O) groups is 3. The highest BCUT2D eigenvalue weighted by Gasteiger charge is 2.37. The predicted molar refractivity (Wildman–Crippen MR) is 63.6 cm³/mol. The fraction of sp³-hybridized carbons (Fsp3) is 0.727. The molecule has 18 heavy (non-hydrogen) atoms. The highest BCUT2D eigenvalue weighted by atomic mass is 16.4. The van der Waals surface area contributed by atoms with Crippen molar-refractivity contribution < 1.29 is 19.5 Å². The fourth-order valence-corrected chi connectivity index (χ4v) is 1.82. The lowest BCUT2D eigenvalue weighted by Gasteiger charge is -2.36. The molecule has 7 heteroatoms. The van der Waals surface area contributed by atoms with Gasteiger partial charge in [-0.2, -0.15) is 0 Å². The van der Waals surface area contributed by atoms with Crippen LogP contribution in [0.4, 0.5) is 0 Å². The number of rotatable bonds is 4. The van der Waals surface area contributed by atoms with Gasteiger partial charge in [-0.1, -0.05) is 13.8 Å². The molecule has 1 saturated heterocycles. The third kappa shape index (κ3) is 3.19. The molecule has 7 nitrogen and oxygen atoms in total. The van der Waals surface area contributed by atoms with Crippen molar-refractivity contribution in [3.05, 3.63) is 0 Å². The van der Waals surface area contributed by atoms with Gasteiger partial charge in [0.05, 0.1) is 12.5 Å². The number of carboxylic acids is 1. The minimum absolute atomic E-state index is 0.0621. The molecule has 0 radical (unpaired) electrons. The molecule has 0 aromatic rings.